The maximum Gasteiger partial charge on any atom is 0.227 e. The average molecular weight is 224 g/mol. The van der Waals surface area contributed by atoms with E-state index in [2.05, 4.69) is 27.3 Å². The van der Waals surface area contributed by atoms with Crippen LogP contribution in [0.1, 0.15) is 25.7 Å². The molecule has 1 aliphatic rings. The summed E-state index contributed by atoms with van der Waals surface area (Å²) in [6, 6.07) is 1.31. The van der Waals surface area contributed by atoms with Crippen molar-refractivity contribution in [3.05, 3.63) is 12.2 Å². The topological polar surface area (TPSA) is 54.2 Å². The third kappa shape index (κ3) is 2.80. The summed E-state index contributed by atoms with van der Waals surface area (Å²) in [5.41, 5.74) is 0. The molecule has 0 amide bonds. The zero-order chi connectivity index (χ0) is 11.4. The van der Waals surface area contributed by atoms with Gasteiger partial charge in [0.1, 0.15) is 0 Å². The van der Waals surface area contributed by atoms with Crippen LogP contribution in [0.4, 0.5) is 0 Å². The van der Waals surface area contributed by atoms with Crippen molar-refractivity contribution in [1.82, 2.24) is 20.4 Å². The summed E-state index contributed by atoms with van der Waals surface area (Å²) in [6.45, 7) is 4.46. The molecule has 0 aromatic carbocycles. The minimum Gasteiger partial charge on any atom is -0.340 e. The molecule has 0 radical (unpaired) electrons. The quantitative estimate of drug-likeness (QED) is 0.815. The lowest BCUT2D eigenvalue weighted by Crippen LogP contribution is -2.47. The van der Waals surface area contributed by atoms with Crippen LogP contribution in [0.3, 0.4) is 0 Å². The van der Waals surface area contributed by atoms with Gasteiger partial charge in [0, 0.05) is 25.0 Å². The molecule has 1 aromatic heterocycles. The van der Waals surface area contributed by atoms with Crippen LogP contribution in [-0.2, 0) is 6.42 Å². The van der Waals surface area contributed by atoms with Gasteiger partial charge in [0.15, 0.2) is 6.33 Å². The molecule has 16 heavy (non-hydrogen) atoms. The van der Waals surface area contributed by atoms with Gasteiger partial charge in [-0.2, -0.15) is 4.98 Å². The summed E-state index contributed by atoms with van der Waals surface area (Å²) in [5.74, 6) is 0.739. The zero-order valence-electron chi connectivity index (χ0n) is 10.0. The number of hydrogen-bond acceptors (Lipinski definition) is 5. The van der Waals surface area contributed by atoms with Gasteiger partial charge in [-0.25, -0.2) is 0 Å². The Hall–Kier alpha value is -0.940. The van der Waals surface area contributed by atoms with Gasteiger partial charge in [0.05, 0.1) is 0 Å². The van der Waals surface area contributed by atoms with Gasteiger partial charge in [-0.05, 0) is 33.4 Å². The van der Waals surface area contributed by atoms with Crippen LogP contribution < -0.4 is 5.32 Å². The second-order valence-corrected chi connectivity index (χ2v) is 4.48. The van der Waals surface area contributed by atoms with Crippen LogP contribution in [0.2, 0.25) is 0 Å². The van der Waals surface area contributed by atoms with E-state index in [0.717, 1.165) is 25.4 Å². The maximum atomic E-state index is 5.00. The van der Waals surface area contributed by atoms with E-state index in [1.54, 1.807) is 0 Å². The fraction of sp³-hybridized carbons (Fsp3) is 0.818. The van der Waals surface area contributed by atoms with Crippen LogP contribution in [0.15, 0.2) is 10.9 Å². The number of rotatable bonds is 4. The van der Waals surface area contributed by atoms with Crippen molar-refractivity contribution in [3.8, 4) is 0 Å². The normalized spacial score (nSPS) is 27.1. The Morgan fingerprint density at radius 3 is 3.12 bits per heavy atom. The zero-order valence-corrected chi connectivity index (χ0v) is 10.0. The van der Waals surface area contributed by atoms with Gasteiger partial charge in [0.2, 0.25) is 5.89 Å². The lowest BCUT2D eigenvalue weighted by Gasteiger charge is -2.37. The van der Waals surface area contributed by atoms with Gasteiger partial charge in [0.25, 0.3) is 0 Å². The summed E-state index contributed by atoms with van der Waals surface area (Å²) in [7, 11) is 2.05. The Bertz CT molecular complexity index is 301. The van der Waals surface area contributed by atoms with E-state index in [9.17, 15) is 0 Å². The van der Waals surface area contributed by atoms with Crippen LogP contribution in [0.25, 0.3) is 0 Å². The predicted molar refractivity (Wildman–Crippen MR) is 61.1 cm³/mol. The Morgan fingerprint density at radius 2 is 2.50 bits per heavy atom. The largest absolute Gasteiger partial charge is 0.340 e. The van der Waals surface area contributed by atoms with E-state index in [4.69, 9.17) is 4.52 Å². The summed E-state index contributed by atoms with van der Waals surface area (Å²) in [5, 5.41) is 6.97. The SMILES string of the molecule is CNC1CCN(CCc2ncno2)C(C)C1. The molecule has 1 aliphatic heterocycles. The van der Waals surface area contributed by atoms with Gasteiger partial charge < -0.3 is 14.7 Å². The highest BCUT2D eigenvalue weighted by Crippen LogP contribution is 2.17. The second-order valence-electron chi connectivity index (χ2n) is 4.48. The molecule has 1 saturated heterocycles. The molecule has 0 spiro atoms. The Morgan fingerprint density at radius 1 is 1.62 bits per heavy atom. The van der Waals surface area contributed by atoms with E-state index >= 15 is 0 Å². The number of aromatic nitrogens is 2. The molecule has 90 valence electrons. The van der Waals surface area contributed by atoms with Gasteiger partial charge >= 0.3 is 0 Å². The molecule has 2 rings (SSSR count). The highest BCUT2D eigenvalue weighted by atomic mass is 16.5. The second kappa shape index (κ2) is 5.41. The van der Waals surface area contributed by atoms with E-state index in [1.165, 1.54) is 19.2 Å². The molecular formula is C11H20N4O. The fourth-order valence-corrected chi connectivity index (χ4v) is 2.36. The monoisotopic (exact) mass is 224 g/mol. The van der Waals surface area contributed by atoms with E-state index in [0.29, 0.717) is 12.1 Å². The number of hydrogen-bond donors (Lipinski definition) is 1. The molecule has 2 unspecified atom stereocenters. The number of nitrogens with one attached hydrogen (secondary N) is 1. The van der Waals surface area contributed by atoms with Gasteiger partial charge in [-0.15, -0.1) is 0 Å². The number of likely N-dealkylation sites (tertiary alicyclic amines) is 1. The van der Waals surface area contributed by atoms with E-state index < -0.39 is 0 Å². The molecule has 1 fully saturated rings. The minimum absolute atomic E-state index is 0.633. The summed E-state index contributed by atoms with van der Waals surface area (Å²) < 4.78 is 5.00. The standard InChI is InChI=1S/C11H20N4O/c1-9-7-10(12-2)3-5-15(9)6-4-11-13-8-14-16-11/h8-10,12H,3-7H2,1-2H3. The Kier molecular flexibility index (Phi) is 3.90. The van der Waals surface area contributed by atoms with Crippen molar-refractivity contribution in [2.24, 2.45) is 0 Å². The number of piperidine rings is 1. The molecule has 1 aromatic rings. The predicted octanol–water partition coefficient (Wildman–Crippen LogP) is 0.684. The van der Waals surface area contributed by atoms with Crippen LogP contribution in [0, 0.1) is 0 Å². The molecule has 5 nitrogen and oxygen atoms in total. The van der Waals surface area contributed by atoms with Crippen molar-refractivity contribution in [2.75, 3.05) is 20.1 Å². The van der Waals surface area contributed by atoms with Crippen LogP contribution in [0.5, 0.6) is 0 Å². The maximum absolute atomic E-state index is 5.00. The van der Waals surface area contributed by atoms with Crippen molar-refractivity contribution < 1.29 is 4.52 Å². The molecular weight excluding hydrogens is 204 g/mol. The summed E-state index contributed by atoms with van der Waals surface area (Å²) in [6.07, 6.45) is 4.77. The Labute approximate surface area is 96.2 Å². The van der Waals surface area contributed by atoms with Crippen molar-refractivity contribution in [1.29, 1.82) is 0 Å². The first-order chi connectivity index (χ1) is 7.79. The van der Waals surface area contributed by atoms with Crippen molar-refractivity contribution >= 4 is 0 Å². The lowest BCUT2D eigenvalue weighted by atomic mass is 9.98. The summed E-state index contributed by atoms with van der Waals surface area (Å²) >= 11 is 0. The van der Waals surface area contributed by atoms with Crippen molar-refractivity contribution in [2.45, 2.75) is 38.3 Å². The minimum atomic E-state index is 0.633. The first-order valence-electron chi connectivity index (χ1n) is 5.96. The average Bonchev–Trinajstić information content (AvgIpc) is 2.80. The van der Waals surface area contributed by atoms with Crippen LogP contribution in [-0.4, -0.2) is 47.3 Å². The highest BCUT2D eigenvalue weighted by molar-refractivity contribution is 4.84. The first kappa shape index (κ1) is 11.5. The molecule has 1 N–H and O–H groups in total. The summed E-state index contributed by atoms with van der Waals surface area (Å²) in [4.78, 5) is 6.54. The third-order valence-electron chi connectivity index (χ3n) is 3.44. The smallest absolute Gasteiger partial charge is 0.227 e. The van der Waals surface area contributed by atoms with Crippen molar-refractivity contribution in [3.63, 3.8) is 0 Å². The Balaban J connectivity index is 1.78. The number of nitrogens with zero attached hydrogens (tertiary/aromatic N) is 3. The van der Waals surface area contributed by atoms with Gasteiger partial charge in [-0.1, -0.05) is 5.16 Å². The molecule has 0 saturated carbocycles. The molecule has 2 heterocycles. The molecule has 0 bridgehead atoms. The van der Waals surface area contributed by atoms with E-state index in [-0.39, 0.29) is 0 Å². The van der Waals surface area contributed by atoms with E-state index in [1.807, 2.05) is 7.05 Å². The van der Waals surface area contributed by atoms with Crippen LogP contribution >= 0.6 is 0 Å². The molecule has 5 heteroatoms. The first-order valence-corrected chi connectivity index (χ1v) is 5.96. The third-order valence-corrected chi connectivity index (χ3v) is 3.44. The lowest BCUT2D eigenvalue weighted by molar-refractivity contribution is 0.137. The highest BCUT2D eigenvalue weighted by Gasteiger charge is 2.24. The molecule has 0 aliphatic carbocycles. The van der Waals surface area contributed by atoms with Gasteiger partial charge in [-0.3, -0.25) is 0 Å². The molecule has 2 atom stereocenters. The fourth-order valence-electron chi connectivity index (χ4n) is 2.36.